The van der Waals surface area contributed by atoms with E-state index >= 15 is 0 Å². The molecule has 28 heavy (non-hydrogen) atoms. The number of methoxy groups -OCH3 is 1. The van der Waals surface area contributed by atoms with Crippen LogP contribution in [0.4, 0.5) is 11.4 Å². The number of nitro benzene ring substituents is 1. The van der Waals surface area contributed by atoms with Crippen molar-refractivity contribution in [2.75, 3.05) is 39.8 Å². The van der Waals surface area contributed by atoms with Gasteiger partial charge in [-0.3, -0.25) is 14.9 Å². The maximum absolute atomic E-state index is 12.9. The number of hydrogen-bond donors (Lipinski definition) is 0. The van der Waals surface area contributed by atoms with Crippen molar-refractivity contribution in [1.29, 1.82) is 0 Å². The minimum atomic E-state index is -0.592. The minimum Gasteiger partial charge on any atom is -0.493 e. The van der Waals surface area contributed by atoms with Crippen molar-refractivity contribution >= 4 is 17.3 Å². The highest BCUT2D eigenvalue weighted by Gasteiger charge is 2.26. The van der Waals surface area contributed by atoms with E-state index in [9.17, 15) is 14.9 Å². The topological polar surface area (TPSA) is 85.2 Å². The van der Waals surface area contributed by atoms with Crippen LogP contribution in [0, 0.1) is 10.1 Å². The van der Waals surface area contributed by atoms with Crippen molar-refractivity contribution < 1.29 is 19.2 Å². The Kier molecular flexibility index (Phi) is 6.81. The summed E-state index contributed by atoms with van der Waals surface area (Å²) in [5, 5.41) is 11.5. The zero-order chi connectivity index (χ0) is 20.8. The van der Waals surface area contributed by atoms with Crippen LogP contribution in [0.25, 0.3) is 0 Å². The Hall–Kier alpha value is -3.29. The fourth-order valence-electron chi connectivity index (χ4n) is 2.75. The van der Waals surface area contributed by atoms with Crippen LogP contribution in [-0.2, 0) is 6.54 Å². The highest BCUT2D eigenvalue weighted by molar-refractivity contribution is 5.99. The van der Waals surface area contributed by atoms with Crippen LogP contribution >= 0.6 is 0 Å². The largest absolute Gasteiger partial charge is 0.493 e. The quantitative estimate of drug-likeness (QED) is 0.510. The molecule has 2 aromatic carbocycles. The second-order valence-electron chi connectivity index (χ2n) is 6.43. The Morgan fingerprint density at radius 1 is 1.11 bits per heavy atom. The number of benzene rings is 2. The first kappa shape index (κ1) is 21.0. The molecule has 0 N–H and O–H groups in total. The Labute approximate surface area is 164 Å². The molecule has 8 heteroatoms. The van der Waals surface area contributed by atoms with Gasteiger partial charge < -0.3 is 19.3 Å². The third kappa shape index (κ3) is 4.70. The summed E-state index contributed by atoms with van der Waals surface area (Å²) in [7, 11) is 6.90. The number of anilines is 1. The fourth-order valence-corrected chi connectivity index (χ4v) is 2.75. The summed E-state index contributed by atoms with van der Waals surface area (Å²) in [5.74, 6) is 0.0432. The lowest BCUT2D eigenvalue weighted by molar-refractivity contribution is -0.385. The molecule has 0 aliphatic rings. The maximum atomic E-state index is 12.9. The fraction of sp³-hybridized carbons (Fsp3) is 0.350. The Balaban J connectivity index is 2.32. The third-order valence-corrected chi connectivity index (χ3v) is 4.23. The smallest absolute Gasteiger partial charge is 0.286 e. The molecule has 1 amide bonds. The van der Waals surface area contributed by atoms with E-state index in [0.717, 1.165) is 11.3 Å². The van der Waals surface area contributed by atoms with Crippen LogP contribution < -0.4 is 14.4 Å². The van der Waals surface area contributed by atoms with Gasteiger partial charge in [0.15, 0.2) is 11.5 Å². The van der Waals surface area contributed by atoms with Gasteiger partial charge in [-0.05, 0) is 24.6 Å². The molecule has 2 aromatic rings. The van der Waals surface area contributed by atoms with E-state index < -0.39 is 10.8 Å². The Morgan fingerprint density at radius 3 is 2.25 bits per heavy atom. The molecular formula is C20H25N3O5. The summed E-state index contributed by atoms with van der Waals surface area (Å²) in [6.07, 6.45) is 0. The van der Waals surface area contributed by atoms with Crippen LogP contribution in [0.5, 0.6) is 11.5 Å². The predicted octanol–water partition coefficient (Wildman–Crippen LogP) is 3.34. The summed E-state index contributed by atoms with van der Waals surface area (Å²) < 4.78 is 10.6. The molecule has 2 rings (SSSR count). The normalized spacial score (nSPS) is 10.3. The number of ether oxygens (including phenoxy) is 2. The van der Waals surface area contributed by atoms with Gasteiger partial charge in [0, 0.05) is 39.4 Å². The molecule has 0 aliphatic heterocycles. The molecule has 0 saturated carbocycles. The van der Waals surface area contributed by atoms with E-state index in [1.165, 1.54) is 24.1 Å². The standard InChI is InChI=1S/C20H25N3O5/c1-6-28-19-11-16(17(23(25)26)12-18(19)27-5)20(24)22(4)13-14-7-9-15(10-8-14)21(2)3/h7-12H,6,13H2,1-5H3. The molecule has 0 unspecified atom stereocenters. The third-order valence-electron chi connectivity index (χ3n) is 4.23. The van der Waals surface area contributed by atoms with Gasteiger partial charge in [0.2, 0.25) is 0 Å². The molecule has 0 heterocycles. The first-order valence-corrected chi connectivity index (χ1v) is 8.79. The van der Waals surface area contributed by atoms with Gasteiger partial charge in [0.05, 0.1) is 24.7 Å². The first-order valence-electron chi connectivity index (χ1n) is 8.79. The average molecular weight is 387 g/mol. The molecule has 8 nitrogen and oxygen atoms in total. The summed E-state index contributed by atoms with van der Waals surface area (Å²) >= 11 is 0. The van der Waals surface area contributed by atoms with Gasteiger partial charge >= 0.3 is 0 Å². The molecule has 0 atom stereocenters. The number of hydrogen-bond acceptors (Lipinski definition) is 6. The van der Waals surface area contributed by atoms with Crippen molar-refractivity contribution in [1.82, 2.24) is 4.90 Å². The van der Waals surface area contributed by atoms with Gasteiger partial charge in [0.1, 0.15) is 5.56 Å². The lowest BCUT2D eigenvalue weighted by Gasteiger charge is -2.19. The van der Waals surface area contributed by atoms with Gasteiger partial charge in [-0.15, -0.1) is 0 Å². The van der Waals surface area contributed by atoms with Crippen molar-refractivity contribution in [2.24, 2.45) is 0 Å². The lowest BCUT2D eigenvalue weighted by atomic mass is 10.1. The van der Waals surface area contributed by atoms with Crippen molar-refractivity contribution in [3.63, 3.8) is 0 Å². The predicted molar refractivity (Wildman–Crippen MR) is 107 cm³/mol. The summed E-state index contributed by atoms with van der Waals surface area (Å²) in [4.78, 5) is 27.2. The number of carbonyl (C=O) groups is 1. The Bertz CT molecular complexity index is 850. The molecule has 0 spiro atoms. The van der Waals surface area contributed by atoms with Crippen LogP contribution in [-0.4, -0.2) is 50.6 Å². The van der Waals surface area contributed by atoms with E-state index in [4.69, 9.17) is 9.47 Å². The van der Waals surface area contributed by atoms with Crippen LogP contribution in [0.2, 0.25) is 0 Å². The van der Waals surface area contributed by atoms with Gasteiger partial charge in [-0.2, -0.15) is 0 Å². The zero-order valence-corrected chi connectivity index (χ0v) is 16.8. The summed E-state index contributed by atoms with van der Waals surface area (Å²) in [6.45, 7) is 2.45. The number of rotatable bonds is 8. The molecule has 0 aromatic heterocycles. The summed E-state index contributed by atoms with van der Waals surface area (Å²) in [5.41, 5.74) is 1.61. The highest BCUT2D eigenvalue weighted by atomic mass is 16.6. The molecule has 0 bridgehead atoms. The minimum absolute atomic E-state index is 0.0401. The number of nitrogens with zero attached hydrogens (tertiary/aromatic N) is 3. The van der Waals surface area contributed by atoms with Crippen molar-refractivity contribution in [3.8, 4) is 11.5 Å². The van der Waals surface area contributed by atoms with E-state index in [2.05, 4.69) is 0 Å². The van der Waals surface area contributed by atoms with E-state index in [1.54, 1.807) is 14.0 Å². The van der Waals surface area contributed by atoms with E-state index in [-0.39, 0.29) is 17.0 Å². The van der Waals surface area contributed by atoms with E-state index in [0.29, 0.717) is 18.9 Å². The number of nitro groups is 1. The van der Waals surface area contributed by atoms with Crippen molar-refractivity contribution in [2.45, 2.75) is 13.5 Å². The first-order chi connectivity index (χ1) is 13.3. The summed E-state index contributed by atoms with van der Waals surface area (Å²) in [6, 6.07) is 10.3. The molecule has 0 saturated heterocycles. The number of carbonyl (C=O) groups excluding carboxylic acids is 1. The van der Waals surface area contributed by atoms with Crippen LogP contribution in [0.15, 0.2) is 36.4 Å². The monoisotopic (exact) mass is 387 g/mol. The van der Waals surface area contributed by atoms with Crippen LogP contribution in [0.1, 0.15) is 22.8 Å². The average Bonchev–Trinajstić information content (AvgIpc) is 2.67. The molecule has 0 fully saturated rings. The van der Waals surface area contributed by atoms with Crippen LogP contribution in [0.3, 0.4) is 0 Å². The van der Waals surface area contributed by atoms with Crippen molar-refractivity contribution in [3.05, 3.63) is 57.6 Å². The lowest BCUT2D eigenvalue weighted by Crippen LogP contribution is -2.27. The molecule has 0 aliphatic carbocycles. The van der Waals surface area contributed by atoms with Gasteiger partial charge in [-0.25, -0.2) is 0 Å². The van der Waals surface area contributed by atoms with Gasteiger partial charge in [0.25, 0.3) is 11.6 Å². The van der Waals surface area contributed by atoms with E-state index in [1.807, 2.05) is 43.3 Å². The zero-order valence-electron chi connectivity index (χ0n) is 16.8. The molecule has 0 radical (unpaired) electrons. The maximum Gasteiger partial charge on any atom is 0.286 e. The molecule has 150 valence electrons. The SMILES string of the molecule is CCOc1cc(C(=O)N(C)Cc2ccc(N(C)C)cc2)c([N+](=O)[O-])cc1OC. The Morgan fingerprint density at radius 2 is 1.75 bits per heavy atom. The van der Waals surface area contributed by atoms with Gasteiger partial charge in [-0.1, -0.05) is 12.1 Å². The second-order valence-corrected chi connectivity index (χ2v) is 6.43. The number of amides is 1. The second kappa shape index (κ2) is 9.07. The molecular weight excluding hydrogens is 362 g/mol. The highest BCUT2D eigenvalue weighted by Crippen LogP contribution is 2.35.